The van der Waals surface area contributed by atoms with Crippen LogP contribution < -0.4 is 11.1 Å². The van der Waals surface area contributed by atoms with Crippen LogP contribution in [0.2, 0.25) is 0 Å². The molecule has 1 amide bonds. The predicted molar refractivity (Wildman–Crippen MR) is 67.8 cm³/mol. The van der Waals surface area contributed by atoms with Crippen LogP contribution in [0.25, 0.3) is 0 Å². The number of ether oxygens (including phenoxy) is 2. The van der Waals surface area contributed by atoms with E-state index in [9.17, 15) is 4.79 Å². The molecule has 0 fully saturated rings. The second-order valence-electron chi connectivity index (χ2n) is 4.00. The Morgan fingerprint density at radius 3 is 2.71 bits per heavy atom. The fourth-order valence-electron chi connectivity index (χ4n) is 1.36. The van der Waals surface area contributed by atoms with E-state index in [2.05, 4.69) is 5.32 Å². The molecule has 5 heteroatoms. The van der Waals surface area contributed by atoms with Gasteiger partial charge in [0, 0.05) is 20.3 Å². The molecule has 0 aromatic heterocycles. The average molecular weight is 246 g/mol. The molecule has 0 saturated carbocycles. The third-order valence-electron chi connectivity index (χ3n) is 2.38. The zero-order valence-electron chi connectivity index (χ0n) is 11.0. The normalized spacial score (nSPS) is 12.4. The van der Waals surface area contributed by atoms with Gasteiger partial charge in [-0.05, 0) is 19.3 Å². The molecule has 0 bridgehead atoms. The lowest BCUT2D eigenvalue weighted by Gasteiger charge is -2.10. The number of unbranched alkanes of at least 4 members (excludes halogenated alkanes) is 1. The van der Waals surface area contributed by atoms with E-state index in [1.54, 1.807) is 7.11 Å². The Hall–Kier alpha value is -0.650. The molecule has 0 heterocycles. The largest absolute Gasteiger partial charge is 0.382 e. The molecule has 1 atom stereocenters. The van der Waals surface area contributed by atoms with Crippen LogP contribution in [0.15, 0.2) is 0 Å². The molecule has 17 heavy (non-hydrogen) atoms. The Morgan fingerprint density at radius 1 is 1.29 bits per heavy atom. The summed E-state index contributed by atoms with van der Waals surface area (Å²) in [6.45, 7) is 4.65. The zero-order chi connectivity index (χ0) is 12.9. The number of hydrogen-bond acceptors (Lipinski definition) is 4. The van der Waals surface area contributed by atoms with Crippen LogP contribution in [-0.2, 0) is 14.3 Å². The first kappa shape index (κ1) is 16.4. The van der Waals surface area contributed by atoms with Crippen LogP contribution in [0, 0.1) is 0 Å². The monoisotopic (exact) mass is 246 g/mol. The summed E-state index contributed by atoms with van der Waals surface area (Å²) >= 11 is 0. The van der Waals surface area contributed by atoms with Crippen molar-refractivity contribution >= 4 is 5.91 Å². The summed E-state index contributed by atoms with van der Waals surface area (Å²) < 4.78 is 10.2. The van der Waals surface area contributed by atoms with E-state index in [0.717, 1.165) is 25.7 Å². The predicted octanol–water partition coefficient (Wildman–Crippen LogP) is 0.673. The molecule has 0 aliphatic rings. The summed E-state index contributed by atoms with van der Waals surface area (Å²) in [6, 6.07) is -0.363. The van der Waals surface area contributed by atoms with Gasteiger partial charge in [0.25, 0.3) is 0 Å². The summed E-state index contributed by atoms with van der Waals surface area (Å²) in [4.78, 5) is 11.4. The van der Waals surface area contributed by atoms with Gasteiger partial charge in [0.15, 0.2) is 0 Å². The van der Waals surface area contributed by atoms with Gasteiger partial charge in [-0.3, -0.25) is 4.79 Å². The molecule has 0 aliphatic carbocycles. The maximum absolute atomic E-state index is 11.4. The fraction of sp³-hybridized carbons (Fsp3) is 0.917. The third kappa shape index (κ3) is 10.2. The lowest BCUT2D eigenvalue weighted by Crippen LogP contribution is -2.40. The molecule has 0 radical (unpaired) electrons. The summed E-state index contributed by atoms with van der Waals surface area (Å²) in [7, 11) is 1.65. The molecule has 102 valence electrons. The lowest BCUT2D eigenvalue weighted by molar-refractivity contribution is -0.122. The number of nitrogens with one attached hydrogen (secondary N) is 1. The van der Waals surface area contributed by atoms with Gasteiger partial charge in [-0.15, -0.1) is 0 Å². The Bertz CT molecular complexity index is 189. The van der Waals surface area contributed by atoms with E-state index in [1.165, 1.54) is 0 Å². The minimum atomic E-state index is -0.363. The number of hydrogen-bond donors (Lipinski definition) is 2. The van der Waals surface area contributed by atoms with E-state index in [0.29, 0.717) is 26.4 Å². The highest BCUT2D eigenvalue weighted by atomic mass is 16.5. The van der Waals surface area contributed by atoms with Crippen molar-refractivity contribution in [2.24, 2.45) is 5.73 Å². The second kappa shape index (κ2) is 11.8. The number of amides is 1. The van der Waals surface area contributed by atoms with Crippen molar-refractivity contribution in [2.45, 2.75) is 38.6 Å². The maximum Gasteiger partial charge on any atom is 0.236 e. The van der Waals surface area contributed by atoms with Gasteiger partial charge in [-0.1, -0.05) is 13.3 Å². The van der Waals surface area contributed by atoms with Gasteiger partial charge in [0.05, 0.1) is 19.3 Å². The molecule has 0 rings (SSSR count). The topological polar surface area (TPSA) is 73.6 Å². The Morgan fingerprint density at radius 2 is 2.06 bits per heavy atom. The van der Waals surface area contributed by atoms with Gasteiger partial charge in [-0.25, -0.2) is 0 Å². The number of carbonyl (C=O) groups excluding carboxylic acids is 1. The van der Waals surface area contributed by atoms with Gasteiger partial charge >= 0.3 is 0 Å². The molecule has 0 spiro atoms. The highest BCUT2D eigenvalue weighted by Crippen LogP contribution is 1.94. The van der Waals surface area contributed by atoms with Crippen LogP contribution in [0.5, 0.6) is 0 Å². The Balaban J connectivity index is 3.24. The first-order valence-electron chi connectivity index (χ1n) is 6.32. The smallest absolute Gasteiger partial charge is 0.236 e. The highest BCUT2D eigenvalue weighted by molar-refractivity contribution is 5.81. The van der Waals surface area contributed by atoms with Crippen LogP contribution in [0.3, 0.4) is 0 Å². The Kier molecular flexibility index (Phi) is 11.4. The minimum absolute atomic E-state index is 0.0489. The number of nitrogens with two attached hydrogens (primary N) is 1. The van der Waals surface area contributed by atoms with E-state index in [-0.39, 0.29) is 11.9 Å². The first-order valence-corrected chi connectivity index (χ1v) is 6.32. The van der Waals surface area contributed by atoms with Gasteiger partial charge < -0.3 is 20.5 Å². The molecule has 0 aromatic rings. The van der Waals surface area contributed by atoms with E-state index in [4.69, 9.17) is 15.2 Å². The molecular formula is C12H26N2O3. The molecule has 1 unspecified atom stereocenters. The van der Waals surface area contributed by atoms with Gasteiger partial charge in [0.1, 0.15) is 0 Å². The maximum atomic E-state index is 11.4. The SMILES string of the molecule is CCCC(N)C(=O)NCCCCOCCOC. The second-order valence-corrected chi connectivity index (χ2v) is 4.00. The van der Waals surface area contributed by atoms with Gasteiger partial charge in [0.2, 0.25) is 5.91 Å². The molecule has 5 nitrogen and oxygen atoms in total. The molecule has 0 aliphatic heterocycles. The Labute approximate surface area is 104 Å². The van der Waals surface area contributed by atoms with E-state index >= 15 is 0 Å². The lowest BCUT2D eigenvalue weighted by atomic mass is 10.1. The van der Waals surface area contributed by atoms with Crippen molar-refractivity contribution in [3.63, 3.8) is 0 Å². The standard InChI is InChI=1S/C12H26N2O3/c1-3-6-11(13)12(15)14-7-4-5-8-17-10-9-16-2/h11H,3-10,13H2,1-2H3,(H,14,15). The summed E-state index contributed by atoms with van der Waals surface area (Å²) in [5, 5.41) is 2.83. The van der Waals surface area contributed by atoms with Crippen LogP contribution in [0.1, 0.15) is 32.6 Å². The van der Waals surface area contributed by atoms with Crippen LogP contribution in [0.4, 0.5) is 0 Å². The minimum Gasteiger partial charge on any atom is -0.382 e. The molecule has 0 aromatic carbocycles. The van der Waals surface area contributed by atoms with Crippen molar-refractivity contribution in [1.82, 2.24) is 5.32 Å². The summed E-state index contributed by atoms with van der Waals surface area (Å²) in [6.07, 6.45) is 3.53. The van der Waals surface area contributed by atoms with Crippen LogP contribution >= 0.6 is 0 Å². The fourth-order valence-corrected chi connectivity index (χ4v) is 1.36. The summed E-state index contributed by atoms with van der Waals surface area (Å²) in [5.74, 6) is -0.0489. The average Bonchev–Trinajstić information content (AvgIpc) is 2.32. The van der Waals surface area contributed by atoms with Crippen molar-refractivity contribution in [2.75, 3.05) is 33.5 Å². The van der Waals surface area contributed by atoms with Crippen molar-refractivity contribution in [3.8, 4) is 0 Å². The van der Waals surface area contributed by atoms with Gasteiger partial charge in [-0.2, -0.15) is 0 Å². The third-order valence-corrected chi connectivity index (χ3v) is 2.38. The zero-order valence-corrected chi connectivity index (χ0v) is 11.0. The van der Waals surface area contributed by atoms with E-state index < -0.39 is 0 Å². The molecular weight excluding hydrogens is 220 g/mol. The number of carbonyl (C=O) groups is 1. The quantitative estimate of drug-likeness (QED) is 0.526. The van der Waals surface area contributed by atoms with Crippen LogP contribution in [-0.4, -0.2) is 45.4 Å². The molecule has 0 saturated heterocycles. The first-order chi connectivity index (χ1) is 8.22. The number of rotatable bonds is 11. The summed E-state index contributed by atoms with van der Waals surface area (Å²) in [5.41, 5.74) is 5.67. The van der Waals surface area contributed by atoms with Crippen molar-refractivity contribution in [3.05, 3.63) is 0 Å². The number of methoxy groups -OCH3 is 1. The van der Waals surface area contributed by atoms with Crippen molar-refractivity contribution < 1.29 is 14.3 Å². The van der Waals surface area contributed by atoms with E-state index in [1.807, 2.05) is 6.92 Å². The highest BCUT2D eigenvalue weighted by Gasteiger charge is 2.10. The van der Waals surface area contributed by atoms with Crippen molar-refractivity contribution in [1.29, 1.82) is 0 Å². The molecule has 3 N–H and O–H groups in total.